The highest BCUT2D eigenvalue weighted by Gasteiger charge is 2.50. The van der Waals surface area contributed by atoms with Crippen LogP contribution in [-0.2, 0) is 31.6 Å². The number of rotatable bonds is 13. The van der Waals surface area contributed by atoms with Gasteiger partial charge in [0.05, 0.1) is 39.8 Å². The fourth-order valence-corrected chi connectivity index (χ4v) is 7.00. The van der Waals surface area contributed by atoms with Gasteiger partial charge in [0.2, 0.25) is 0 Å². The Morgan fingerprint density at radius 3 is 2.09 bits per heavy atom. The highest BCUT2D eigenvalue weighted by molar-refractivity contribution is 7.66. The number of hydrogen-bond acceptors (Lipinski definition) is 19. The number of nitrogens with two attached hydrogens (primary N) is 1. The number of hydrogen-bond donors (Lipinski definition) is 6. The van der Waals surface area contributed by atoms with E-state index in [2.05, 4.69) is 28.1 Å². The fraction of sp³-hybridized carbons (Fsp3) is 0.312. The first kappa shape index (κ1) is 34.8. The zero-order chi connectivity index (χ0) is 34.4. The van der Waals surface area contributed by atoms with Crippen molar-refractivity contribution in [2.24, 2.45) is 0 Å². The molecular weight excluding hydrogens is 701 g/mol. The van der Waals surface area contributed by atoms with E-state index in [1.165, 1.54) is 0 Å². The van der Waals surface area contributed by atoms with Crippen molar-refractivity contribution < 1.29 is 75.8 Å². The van der Waals surface area contributed by atoms with Gasteiger partial charge >= 0.3 is 34.8 Å². The van der Waals surface area contributed by atoms with E-state index in [1.54, 1.807) is 0 Å². The molecule has 1 aromatic carbocycles. The number of aliphatic hydroxyl groups excluding tert-OH is 1. The van der Waals surface area contributed by atoms with E-state index in [-0.39, 0.29) is 17.0 Å². The molecule has 46 heavy (non-hydrogen) atoms. The molecule has 0 aliphatic carbocycles. The van der Waals surface area contributed by atoms with Gasteiger partial charge in [0.1, 0.15) is 24.1 Å². The number of fused-ring (bicyclic) bond motifs is 1. The van der Waals surface area contributed by atoms with Gasteiger partial charge in [-0.1, -0.05) is 0 Å². The van der Waals surface area contributed by atoms with E-state index in [0.29, 0.717) is 12.1 Å². The van der Waals surface area contributed by atoms with Crippen molar-refractivity contribution in [2.45, 2.75) is 24.5 Å². The molecule has 30 heteroatoms. The summed E-state index contributed by atoms with van der Waals surface area (Å²) in [5.74, 6) is -1.37. The summed E-state index contributed by atoms with van der Waals surface area (Å²) in [6, 6.07) is 0.623. The summed E-state index contributed by atoms with van der Waals surface area (Å²) in [4.78, 5) is 79.2. The van der Waals surface area contributed by atoms with E-state index < -0.39 is 92.2 Å². The molecule has 250 valence electrons. The number of nitrogens with zero attached hydrogens (tertiary/aromatic N) is 7. The molecule has 0 bridgehead atoms. The Balaban J connectivity index is 1.74. The maximum atomic E-state index is 12.3. The standard InChI is InChI=1S/C16H17N8O19P3/c17-14-10-15(19-4-18-14)21(5-20-10)16-11(25)13(9(40-16)3-39-45(35,36)43-46(37,38)42-44(32,33)34)41-12-7(23(28)29)1-6(22(26)27)2-8(12)24(30)31/h1-2,4-5,9,11,13,16,25H,3H2,(H,35,36)(H,37,38)(H2,17,18,19)(H2,32,33,34)/t9-,11-,13-,16-/m1/s1. The van der Waals surface area contributed by atoms with Crippen molar-refractivity contribution in [1.29, 1.82) is 0 Å². The Morgan fingerprint density at radius 2 is 1.54 bits per heavy atom. The minimum atomic E-state index is -5.98. The van der Waals surface area contributed by atoms with Crippen LogP contribution in [0.2, 0.25) is 0 Å². The Bertz CT molecular complexity index is 1830. The molecule has 1 aliphatic heterocycles. The molecule has 3 aromatic rings. The zero-order valence-corrected chi connectivity index (χ0v) is 24.5. The van der Waals surface area contributed by atoms with Crippen LogP contribution in [0.15, 0.2) is 24.8 Å². The van der Waals surface area contributed by atoms with E-state index in [1.807, 2.05) is 0 Å². The topological polar surface area (TPSA) is 398 Å². The van der Waals surface area contributed by atoms with Gasteiger partial charge in [-0.05, 0) is 0 Å². The van der Waals surface area contributed by atoms with Crippen LogP contribution in [-0.4, -0.2) is 83.9 Å². The van der Waals surface area contributed by atoms with Crippen molar-refractivity contribution in [1.82, 2.24) is 19.5 Å². The Hall–Kier alpha value is -4.10. The maximum Gasteiger partial charge on any atom is 0.490 e. The molecule has 1 aliphatic rings. The van der Waals surface area contributed by atoms with Crippen LogP contribution >= 0.6 is 23.5 Å². The first-order chi connectivity index (χ1) is 21.2. The third-order valence-corrected chi connectivity index (χ3v) is 9.48. The SMILES string of the molecule is Nc1ncnc2c1ncn2[C@@H]1O[C@H](COP(=O)(O)OP(=O)(O)OP(=O)(O)O)[C@@H](Oc2c([N+](=O)[O-])cc([N+](=O)[O-])cc2[N+](=O)[O-])[C@H]1O. The van der Waals surface area contributed by atoms with Gasteiger partial charge in [0.25, 0.3) is 11.4 Å². The quantitative estimate of drug-likeness (QED) is 0.0779. The fourth-order valence-electron chi connectivity index (χ4n) is 3.97. The minimum absolute atomic E-state index is 0.0193. The molecule has 7 N–H and O–H groups in total. The lowest BCUT2D eigenvalue weighted by molar-refractivity contribution is -0.404. The van der Waals surface area contributed by atoms with Crippen LogP contribution in [0.4, 0.5) is 22.9 Å². The average molecular weight is 718 g/mol. The number of imidazole rings is 1. The molecule has 0 spiro atoms. The number of non-ortho nitro benzene ring substituents is 1. The Labute approximate surface area is 251 Å². The summed E-state index contributed by atoms with van der Waals surface area (Å²) in [7, 11) is -17.5. The maximum absolute atomic E-state index is 12.3. The summed E-state index contributed by atoms with van der Waals surface area (Å²) in [5.41, 5.74) is 1.91. The molecule has 2 aromatic heterocycles. The van der Waals surface area contributed by atoms with Crippen LogP contribution in [0.25, 0.3) is 11.2 Å². The normalized spacial score (nSPS) is 22.6. The number of aromatic nitrogens is 4. The molecular formula is C16H17N8O19P3. The smallest absolute Gasteiger partial charge is 0.473 e. The second-order valence-corrected chi connectivity index (χ2v) is 13.1. The van der Waals surface area contributed by atoms with Crippen LogP contribution < -0.4 is 10.5 Å². The van der Waals surface area contributed by atoms with Crippen molar-refractivity contribution >= 4 is 57.5 Å². The Kier molecular flexibility index (Phi) is 9.52. The van der Waals surface area contributed by atoms with Crippen molar-refractivity contribution in [2.75, 3.05) is 12.3 Å². The van der Waals surface area contributed by atoms with Crippen LogP contribution in [0, 0.1) is 30.3 Å². The second-order valence-electron chi connectivity index (χ2n) is 8.69. The molecule has 1 saturated heterocycles. The Morgan fingerprint density at radius 1 is 0.935 bits per heavy atom. The van der Waals surface area contributed by atoms with Gasteiger partial charge in [-0.3, -0.25) is 39.4 Å². The first-order valence-electron chi connectivity index (χ1n) is 11.5. The summed E-state index contributed by atoms with van der Waals surface area (Å²) in [5, 5.41) is 45.9. The number of phosphoric acid groups is 3. The lowest BCUT2D eigenvalue weighted by Crippen LogP contribution is -2.39. The number of nitro groups is 3. The molecule has 0 radical (unpaired) electrons. The molecule has 1 fully saturated rings. The van der Waals surface area contributed by atoms with Gasteiger partial charge in [-0.15, -0.1) is 0 Å². The predicted molar refractivity (Wildman–Crippen MR) is 140 cm³/mol. The molecule has 3 heterocycles. The van der Waals surface area contributed by atoms with Gasteiger partial charge in [0, 0.05) is 0 Å². The molecule has 4 rings (SSSR count). The molecule has 27 nitrogen and oxygen atoms in total. The summed E-state index contributed by atoms with van der Waals surface area (Å²) < 4.78 is 58.7. The third kappa shape index (κ3) is 7.64. The third-order valence-electron chi connectivity index (χ3n) is 5.68. The number of benzene rings is 1. The molecule has 6 atom stereocenters. The zero-order valence-electron chi connectivity index (χ0n) is 21.8. The number of nitrogen functional groups attached to an aromatic ring is 1. The van der Waals surface area contributed by atoms with Gasteiger partial charge in [-0.25, -0.2) is 28.6 Å². The van der Waals surface area contributed by atoms with E-state index in [9.17, 15) is 58.9 Å². The lowest BCUT2D eigenvalue weighted by atomic mass is 10.1. The van der Waals surface area contributed by atoms with E-state index in [4.69, 9.17) is 25.0 Å². The number of ether oxygens (including phenoxy) is 2. The average Bonchev–Trinajstić information content (AvgIpc) is 3.46. The second kappa shape index (κ2) is 12.6. The van der Waals surface area contributed by atoms with E-state index >= 15 is 0 Å². The van der Waals surface area contributed by atoms with Crippen LogP contribution in [0.1, 0.15) is 6.23 Å². The molecule has 0 amide bonds. The highest BCUT2D eigenvalue weighted by Crippen LogP contribution is 2.66. The van der Waals surface area contributed by atoms with Crippen LogP contribution in [0.3, 0.4) is 0 Å². The number of phosphoric ester groups is 1. The lowest BCUT2D eigenvalue weighted by Gasteiger charge is -2.22. The summed E-state index contributed by atoms with van der Waals surface area (Å²) in [6.07, 6.45) is -5.74. The predicted octanol–water partition coefficient (Wildman–Crippen LogP) is 0.182. The van der Waals surface area contributed by atoms with Gasteiger partial charge in [-0.2, -0.15) is 8.62 Å². The largest absolute Gasteiger partial charge is 0.490 e. The summed E-state index contributed by atoms with van der Waals surface area (Å²) >= 11 is 0. The van der Waals surface area contributed by atoms with Crippen molar-refractivity contribution in [3.8, 4) is 5.75 Å². The minimum Gasteiger partial charge on any atom is -0.473 e. The van der Waals surface area contributed by atoms with Crippen LogP contribution in [0.5, 0.6) is 5.75 Å². The summed E-state index contributed by atoms with van der Waals surface area (Å²) in [6.45, 7) is -1.32. The monoisotopic (exact) mass is 718 g/mol. The van der Waals surface area contributed by atoms with E-state index in [0.717, 1.165) is 17.2 Å². The number of aliphatic hydroxyl groups is 1. The molecule has 2 unspecified atom stereocenters. The van der Waals surface area contributed by atoms with Gasteiger partial charge in [0.15, 0.2) is 23.8 Å². The number of nitro benzene ring substituents is 3. The highest BCUT2D eigenvalue weighted by atomic mass is 31.3. The van der Waals surface area contributed by atoms with Gasteiger partial charge < -0.3 is 39.9 Å². The number of anilines is 1. The molecule has 0 saturated carbocycles. The van der Waals surface area contributed by atoms with Crippen molar-refractivity contribution in [3.05, 3.63) is 55.1 Å². The first-order valence-corrected chi connectivity index (χ1v) is 16.0. The van der Waals surface area contributed by atoms with Crippen molar-refractivity contribution in [3.63, 3.8) is 0 Å².